The molecule has 0 heterocycles. The quantitative estimate of drug-likeness (QED) is 0.268. The molecule has 0 spiro atoms. The standard InChI is InChI=1S/C17H23NO7S/c19-15(20)11-17(23,16(21)22)12-26-10-6-2-1-3-7-13-8-4-5-9-14(13)18(24)25/h4-5,8-9,23H,1-3,6-7,10-12H2,(H,19,20)(H,21,22)/t17-/m0/s1. The normalized spacial score (nSPS) is 13.1. The minimum Gasteiger partial charge on any atom is -0.481 e. The number of benzene rings is 1. The minimum absolute atomic E-state index is 0.134. The van der Waals surface area contributed by atoms with Crippen LogP contribution < -0.4 is 0 Å². The molecule has 1 atom stereocenters. The molecule has 144 valence electrons. The Hall–Kier alpha value is -2.13. The van der Waals surface area contributed by atoms with Crippen LogP contribution in [0, 0.1) is 10.1 Å². The maximum absolute atomic E-state index is 11.0. The molecule has 0 unspecified atom stereocenters. The summed E-state index contributed by atoms with van der Waals surface area (Å²) < 4.78 is 0. The molecule has 0 bridgehead atoms. The van der Waals surface area contributed by atoms with Crippen molar-refractivity contribution >= 4 is 29.4 Å². The Bertz CT molecular complexity index is 637. The highest BCUT2D eigenvalue weighted by Gasteiger charge is 2.38. The molecule has 1 rings (SSSR count). The molecule has 0 aliphatic heterocycles. The molecular weight excluding hydrogens is 362 g/mol. The number of para-hydroxylation sites is 1. The number of unbranched alkanes of at least 4 members (excludes halogenated alkanes) is 3. The summed E-state index contributed by atoms with van der Waals surface area (Å²) in [6.45, 7) is 0. The molecule has 0 radical (unpaired) electrons. The molecule has 1 aromatic carbocycles. The molecule has 3 N–H and O–H groups in total. The van der Waals surface area contributed by atoms with E-state index >= 15 is 0 Å². The number of carboxylic acid groups (broad SMARTS) is 2. The van der Waals surface area contributed by atoms with Crippen LogP contribution in [0.1, 0.15) is 37.7 Å². The Morgan fingerprint density at radius 1 is 1.12 bits per heavy atom. The Morgan fingerprint density at radius 2 is 1.77 bits per heavy atom. The van der Waals surface area contributed by atoms with Crippen LogP contribution in [0.2, 0.25) is 0 Å². The highest BCUT2D eigenvalue weighted by Crippen LogP contribution is 2.22. The summed E-state index contributed by atoms with van der Waals surface area (Å²) in [7, 11) is 0. The second kappa shape index (κ2) is 10.8. The molecule has 9 heteroatoms. The van der Waals surface area contributed by atoms with Crippen molar-refractivity contribution in [1.82, 2.24) is 0 Å². The van der Waals surface area contributed by atoms with E-state index in [0.717, 1.165) is 25.7 Å². The topological polar surface area (TPSA) is 138 Å². The Morgan fingerprint density at radius 3 is 2.38 bits per heavy atom. The predicted molar refractivity (Wildman–Crippen MR) is 97.4 cm³/mol. The number of carbonyl (C=O) groups is 2. The van der Waals surface area contributed by atoms with Crippen LogP contribution in [0.5, 0.6) is 0 Å². The van der Waals surface area contributed by atoms with Gasteiger partial charge in [-0.2, -0.15) is 11.8 Å². The summed E-state index contributed by atoms with van der Waals surface area (Å²) in [5.74, 6) is -2.45. The van der Waals surface area contributed by atoms with Crippen LogP contribution in [0.15, 0.2) is 24.3 Å². The fourth-order valence-electron chi connectivity index (χ4n) is 2.45. The number of aliphatic carboxylic acids is 2. The van der Waals surface area contributed by atoms with Gasteiger partial charge in [-0.1, -0.05) is 31.0 Å². The largest absolute Gasteiger partial charge is 0.481 e. The van der Waals surface area contributed by atoms with Crippen LogP contribution in [0.3, 0.4) is 0 Å². The maximum Gasteiger partial charge on any atom is 0.337 e. The van der Waals surface area contributed by atoms with Crippen molar-refractivity contribution in [3.63, 3.8) is 0 Å². The Labute approximate surface area is 155 Å². The summed E-state index contributed by atoms with van der Waals surface area (Å²) in [5, 5.41) is 38.4. The van der Waals surface area contributed by atoms with Crippen LogP contribution >= 0.6 is 11.8 Å². The van der Waals surface area contributed by atoms with Crippen LogP contribution in [0.25, 0.3) is 0 Å². The smallest absolute Gasteiger partial charge is 0.337 e. The second-order valence-electron chi connectivity index (χ2n) is 6.01. The van der Waals surface area contributed by atoms with Gasteiger partial charge in [0.15, 0.2) is 5.60 Å². The van der Waals surface area contributed by atoms with Crippen molar-refractivity contribution in [2.45, 2.75) is 44.1 Å². The average Bonchev–Trinajstić information content (AvgIpc) is 2.56. The molecule has 26 heavy (non-hydrogen) atoms. The predicted octanol–water partition coefficient (Wildman–Crippen LogP) is 2.72. The van der Waals surface area contributed by atoms with Gasteiger partial charge in [-0.25, -0.2) is 4.79 Å². The minimum atomic E-state index is -2.25. The lowest BCUT2D eigenvalue weighted by Gasteiger charge is -2.20. The highest BCUT2D eigenvalue weighted by atomic mass is 32.2. The summed E-state index contributed by atoms with van der Waals surface area (Å²) in [4.78, 5) is 32.2. The lowest BCUT2D eigenvalue weighted by atomic mass is 10.0. The molecule has 8 nitrogen and oxygen atoms in total. The zero-order valence-corrected chi connectivity index (χ0v) is 15.1. The number of carboxylic acids is 2. The molecule has 0 aromatic heterocycles. The number of nitrogens with zero attached hydrogens (tertiary/aromatic N) is 1. The highest BCUT2D eigenvalue weighted by molar-refractivity contribution is 7.99. The van der Waals surface area contributed by atoms with Gasteiger partial charge in [0.1, 0.15) is 0 Å². The van der Waals surface area contributed by atoms with E-state index in [4.69, 9.17) is 10.2 Å². The summed E-state index contributed by atoms with van der Waals surface area (Å²) >= 11 is 1.21. The van der Waals surface area contributed by atoms with Gasteiger partial charge in [-0.05, 0) is 25.0 Å². The van der Waals surface area contributed by atoms with E-state index in [1.165, 1.54) is 17.8 Å². The average molecular weight is 385 g/mol. The lowest BCUT2D eigenvalue weighted by molar-refractivity contribution is -0.385. The summed E-state index contributed by atoms with van der Waals surface area (Å²) in [6, 6.07) is 6.66. The Kier molecular flexibility index (Phi) is 9.08. The summed E-state index contributed by atoms with van der Waals surface area (Å²) in [6.07, 6.45) is 3.16. The maximum atomic E-state index is 11.0. The van der Waals surface area contributed by atoms with E-state index in [9.17, 15) is 24.8 Å². The number of thioether (sulfide) groups is 1. The zero-order chi connectivity index (χ0) is 19.6. The number of aliphatic hydroxyl groups is 1. The monoisotopic (exact) mass is 385 g/mol. The van der Waals surface area contributed by atoms with Crippen molar-refractivity contribution in [2.75, 3.05) is 11.5 Å². The van der Waals surface area contributed by atoms with Gasteiger partial charge in [0, 0.05) is 17.4 Å². The third-order valence-corrected chi connectivity index (χ3v) is 5.11. The van der Waals surface area contributed by atoms with Gasteiger partial charge in [0.2, 0.25) is 0 Å². The molecule has 0 aliphatic rings. The lowest BCUT2D eigenvalue weighted by Crippen LogP contribution is -2.43. The van der Waals surface area contributed by atoms with Crippen molar-refractivity contribution in [2.24, 2.45) is 0 Å². The fraction of sp³-hybridized carbons (Fsp3) is 0.529. The molecule has 1 aromatic rings. The SMILES string of the molecule is O=C(O)C[C@](O)(CSCCCCCCc1ccccc1[N+](=O)[O-])C(=O)O. The fourth-order valence-corrected chi connectivity index (χ4v) is 3.57. The van der Waals surface area contributed by atoms with E-state index in [1.54, 1.807) is 18.2 Å². The summed E-state index contributed by atoms with van der Waals surface area (Å²) in [5.41, 5.74) is -1.40. The number of aryl methyl sites for hydroxylation is 1. The van der Waals surface area contributed by atoms with Gasteiger partial charge in [-0.3, -0.25) is 14.9 Å². The van der Waals surface area contributed by atoms with E-state index in [2.05, 4.69) is 0 Å². The van der Waals surface area contributed by atoms with Gasteiger partial charge >= 0.3 is 11.9 Å². The van der Waals surface area contributed by atoms with Crippen molar-refractivity contribution in [1.29, 1.82) is 0 Å². The first kappa shape index (κ1) is 21.9. The number of nitro benzene ring substituents is 1. The van der Waals surface area contributed by atoms with Crippen LogP contribution in [-0.2, 0) is 16.0 Å². The first-order valence-corrected chi connectivity index (χ1v) is 9.39. The molecular formula is C17H23NO7S. The zero-order valence-electron chi connectivity index (χ0n) is 14.3. The first-order chi connectivity index (χ1) is 12.3. The molecule has 0 amide bonds. The Balaban J connectivity index is 2.23. The van der Waals surface area contributed by atoms with E-state index in [0.29, 0.717) is 17.7 Å². The second-order valence-corrected chi connectivity index (χ2v) is 7.12. The van der Waals surface area contributed by atoms with E-state index in [-0.39, 0.29) is 16.4 Å². The molecule has 0 fully saturated rings. The van der Waals surface area contributed by atoms with Crippen LogP contribution in [-0.4, -0.2) is 49.3 Å². The third kappa shape index (κ3) is 7.40. The van der Waals surface area contributed by atoms with Gasteiger partial charge in [0.25, 0.3) is 5.69 Å². The van der Waals surface area contributed by atoms with Crippen LogP contribution in [0.4, 0.5) is 5.69 Å². The van der Waals surface area contributed by atoms with Crippen molar-refractivity contribution in [3.05, 3.63) is 39.9 Å². The molecule has 0 saturated heterocycles. The van der Waals surface area contributed by atoms with Crippen molar-refractivity contribution in [3.8, 4) is 0 Å². The third-order valence-electron chi connectivity index (χ3n) is 3.86. The van der Waals surface area contributed by atoms with Gasteiger partial charge in [0.05, 0.1) is 11.3 Å². The van der Waals surface area contributed by atoms with Gasteiger partial charge in [-0.15, -0.1) is 0 Å². The first-order valence-electron chi connectivity index (χ1n) is 8.24. The number of hydrogen-bond donors (Lipinski definition) is 3. The number of rotatable bonds is 13. The molecule has 0 saturated carbocycles. The van der Waals surface area contributed by atoms with Crippen molar-refractivity contribution < 1.29 is 29.8 Å². The molecule has 0 aliphatic carbocycles. The van der Waals surface area contributed by atoms with E-state index in [1.807, 2.05) is 0 Å². The number of nitro groups is 1. The van der Waals surface area contributed by atoms with E-state index < -0.39 is 24.0 Å². The van der Waals surface area contributed by atoms with Gasteiger partial charge < -0.3 is 15.3 Å². The number of hydrogen-bond acceptors (Lipinski definition) is 6.